The van der Waals surface area contributed by atoms with Gasteiger partial charge in [-0.2, -0.15) is 5.10 Å². The largest absolute Gasteiger partial charge is 0.493 e. The molecule has 0 saturated carbocycles. The van der Waals surface area contributed by atoms with Crippen LogP contribution in [-0.4, -0.2) is 47.3 Å². The van der Waals surface area contributed by atoms with E-state index in [9.17, 15) is 9.59 Å². The number of nitrogens with zero attached hydrogens (tertiary/aromatic N) is 3. The van der Waals surface area contributed by atoms with Crippen molar-refractivity contribution in [3.8, 4) is 11.5 Å². The molecule has 3 aromatic rings. The van der Waals surface area contributed by atoms with Crippen molar-refractivity contribution in [2.75, 3.05) is 26.1 Å². The Morgan fingerprint density at radius 2 is 1.77 bits per heavy atom. The van der Waals surface area contributed by atoms with E-state index in [1.54, 1.807) is 26.5 Å². The van der Waals surface area contributed by atoms with Gasteiger partial charge in [0.25, 0.3) is 0 Å². The quantitative estimate of drug-likeness (QED) is 0.565. The Labute approximate surface area is 205 Å². The molecule has 1 aromatic heterocycles. The van der Waals surface area contributed by atoms with Gasteiger partial charge in [0, 0.05) is 36.6 Å². The van der Waals surface area contributed by atoms with E-state index in [1.807, 2.05) is 55.1 Å². The molecule has 0 aliphatic carbocycles. The third-order valence-corrected chi connectivity index (χ3v) is 6.33. The highest BCUT2D eigenvalue weighted by Crippen LogP contribution is 2.32. The number of nitrogens with one attached hydrogen (secondary N) is 1. The molecule has 35 heavy (non-hydrogen) atoms. The maximum atomic E-state index is 12.8. The molecule has 1 aliphatic heterocycles. The molecule has 0 fully saturated rings. The SMILES string of the molecule is COc1cc2c(cc1OC)CC(=O)N(CC(=O)Nc1ccc(Cc3c(C)nn(C)c3C)cc1)C=C2. The van der Waals surface area contributed by atoms with Crippen LogP contribution in [0.25, 0.3) is 6.08 Å². The summed E-state index contributed by atoms with van der Waals surface area (Å²) in [5.41, 5.74) is 6.88. The van der Waals surface area contributed by atoms with Crippen molar-refractivity contribution in [3.63, 3.8) is 0 Å². The third-order valence-electron chi connectivity index (χ3n) is 6.33. The minimum Gasteiger partial charge on any atom is -0.493 e. The summed E-state index contributed by atoms with van der Waals surface area (Å²) in [6.45, 7) is 4.00. The molecular formula is C27H30N4O4. The summed E-state index contributed by atoms with van der Waals surface area (Å²) >= 11 is 0. The first kappa shape index (κ1) is 24.1. The number of anilines is 1. The number of benzene rings is 2. The lowest BCUT2D eigenvalue weighted by atomic mass is 10.0. The minimum absolute atomic E-state index is 0.0760. The average Bonchev–Trinajstić information content (AvgIpc) is 2.98. The molecule has 0 radical (unpaired) electrons. The number of hydrogen-bond acceptors (Lipinski definition) is 5. The van der Waals surface area contributed by atoms with Crippen LogP contribution < -0.4 is 14.8 Å². The fourth-order valence-electron chi connectivity index (χ4n) is 4.24. The highest BCUT2D eigenvalue weighted by molar-refractivity contribution is 5.95. The van der Waals surface area contributed by atoms with Crippen LogP contribution in [0.3, 0.4) is 0 Å². The van der Waals surface area contributed by atoms with Crippen molar-refractivity contribution in [1.82, 2.24) is 14.7 Å². The van der Waals surface area contributed by atoms with E-state index in [0.29, 0.717) is 17.2 Å². The molecule has 0 atom stereocenters. The van der Waals surface area contributed by atoms with Crippen molar-refractivity contribution in [2.24, 2.45) is 7.05 Å². The van der Waals surface area contributed by atoms with E-state index in [-0.39, 0.29) is 24.8 Å². The molecule has 8 heteroatoms. The normalized spacial score (nSPS) is 12.8. The van der Waals surface area contributed by atoms with Gasteiger partial charge in [0.15, 0.2) is 11.5 Å². The highest BCUT2D eigenvalue weighted by Gasteiger charge is 2.21. The second kappa shape index (κ2) is 10.0. The lowest BCUT2D eigenvalue weighted by Crippen LogP contribution is -2.34. The molecule has 182 valence electrons. The molecule has 2 aromatic carbocycles. The number of ether oxygens (including phenoxy) is 2. The zero-order valence-electron chi connectivity index (χ0n) is 20.7. The van der Waals surface area contributed by atoms with Crippen LogP contribution >= 0.6 is 0 Å². The van der Waals surface area contributed by atoms with Crippen LogP contribution in [0.1, 0.15) is 33.6 Å². The Balaban J connectivity index is 1.39. The second-order valence-corrected chi connectivity index (χ2v) is 8.62. The first-order valence-corrected chi connectivity index (χ1v) is 11.4. The van der Waals surface area contributed by atoms with E-state index in [0.717, 1.165) is 34.5 Å². The number of carbonyl (C=O) groups is 2. The number of aryl methyl sites for hydroxylation is 2. The third kappa shape index (κ3) is 5.21. The fourth-order valence-corrected chi connectivity index (χ4v) is 4.24. The van der Waals surface area contributed by atoms with Crippen LogP contribution in [0.4, 0.5) is 5.69 Å². The van der Waals surface area contributed by atoms with E-state index >= 15 is 0 Å². The van der Waals surface area contributed by atoms with Crippen LogP contribution in [0, 0.1) is 13.8 Å². The van der Waals surface area contributed by atoms with Crippen LogP contribution in [0.15, 0.2) is 42.6 Å². The molecule has 1 aliphatic rings. The monoisotopic (exact) mass is 474 g/mol. The zero-order chi connectivity index (χ0) is 25.1. The average molecular weight is 475 g/mol. The summed E-state index contributed by atoms with van der Waals surface area (Å²) in [4.78, 5) is 26.9. The summed E-state index contributed by atoms with van der Waals surface area (Å²) < 4.78 is 12.6. The van der Waals surface area contributed by atoms with Crippen LogP contribution in [-0.2, 0) is 29.5 Å². The van der Waals surface area contributed by atoms with Gasteiger partial charge < -0.3 is 19.7 Å². The lowest BCUT2D eigenvalue weighted by molar-refractivity contribution is -0.131. The molecule has 0 bridgehead atoms. The molecule has 2 heterocycles. The maximum Gasteiger partial charge on any atom is 0.244 e. The number of aromatic nitrogens is 2. The van der Waals surface area contributed by atoms with Crippen molar-refractivity contribution in [3.05, 3.63) is 76.2 Å². The zero-order valence-corrected chi connectivity index (χ0v) is 20.7. The summed E-state index contributed by atoms with van der Waals surface area (Å²) in [6.07, 6.45) is 4.40. The number of methoxy groups -OCH3 is 2. The predicted octanol–water partition coefficient (Wildman–Crippen LogP) is 3.64. The first-order valence-electron chi connectivity index (χ1n) is 11.4. The van der Waals surface area contributed by atoms with E-state index in [4.69, 9.17) is 9.47 Å². The van der Waals surface area contributed by atoms with Gasteiger partial charge in [-0.1, -0.05) is 12.1 Å². The van der Waals surface area contributed by atoms with Gasteiger partial charge in [0.05, 0.1) is 26.3 Å². The molecule has 0 saturated heterocycles. The van der Waals surface area contributed by atoms with E-state index in [2.05, 4.69) is 17.3 Å². The molecule has 1 N–H and O–H groups in total. The number of fused-ring (bicyclic) bond motifs is 1. The minimum atomic E-state index is -0.268. The standard InChI is InChI=1S/C27H30N4O4/c1-17-23(18(2)30(3)29-17)12-19-6-8-22(9-7-19)28-26(32)16-31-11-10-20-13-24(34-4)25(35-5)14-21(20)15-27(31)33/h6-11,13-14H,12,15-16H2,1-5H3,(H,28,32). The van der Waals surface area contributed by atoms with Crippen molar-refractivity contribution < 1.29 is 19.1 Å². The molecule has 0 spiro atoms. The Morgan fingerprint density at radius 3 is 2.40 bits per heavy atom. The summed E-state index contributed by atoms with van der Waals surface area (Å²) in [5.74, 6) is 0.721. The Hall–Kier alpha value is -4.07. The van der Waals surface area contributed by atoms with Crippen LogP contribution in [0.5, 0.6) is 11.5 Å². The maximum absolute atomic E-state index is 12.8. The first-order chi connectivity index (χ1) is 16.8. The lowest BCUT2D eigenvalue weighted by Gasteiger charge is -2.17. The summed E-state index contributed by atoms with van der Waals surface area (Å²) in [7, 11) is 5.07. The molecular weight excluding hydrogens is 444 g/mol. The van der Waals surface area contributed by atoms with Crippen molar-refractivity contribution >= 4 is 23.6 Å². The van der Waals surface area contributed by atoms with Gasteiger partial charge in [0.1, 0.15) is 6.54 Å². The van der Waals surface area contributed by atoms with Gasteiger partial charge in [-0.05, 0) is 60.9 Å². The predicted molar refractivity (Wildman–Crippen MR) is 135 cm³/mol. The summed E-state index contributed by atoms with van der Waals surface area (Å²) in [6, 6.07) is 11.4. The Bertz CT molecular complexity index is 1290. The number of amides is 2. The van der Waals surface area contributed by atoms with Gasteiger partial charge in [-0.15, -0.1) is 0 Å². The van der Waals surface area contributed by atoms with Crippen LogP contribution in [0.2, 0.25) is 0 Å². The Morgan fingerprint density at radius 1 is 1.09 bits per heavy atom. The van der Waals surface area contributed by atoms with Gasteiger partial charge in [-0.3, -0.25) is 14.3 Å². The van der Waals surface area contributed by atoms with Gasteiger partial charge >= 0.3 is 0 Å². The smallest absolute Gasteiger partial charge is 0.244 e. The summed E-state index contributed by atoms with van der Waals surface area (Å²) in [5, 5.41) is 7.35. The molecule has 0 unspecified atom stereocenters. The number of carbonyl (C=O) groups excluding carboxylic acids is 2. The fraction of sp³-hybridized carbons (Fsp3) is 0.296. The van der Waals surface area contributed by atoms with Crippen molar-refractivity contribution in [1.29, 1.82) is 0 Å². The topological polar surface area (TPSA) is 85.7 Å². The van der Waals surface area contributed by atoms with Gasteiger partial charge in [-0.25, -0.2) is 0 Å². The molecule has 4 rings (SSSR count). The second-order valence-electron chi connectivity index (χ2n) is 8.62. The number of rotatable bonds is 7. The molecule has 2 amide bonds. The molecule has 8 nitrogen and oxygen atoms in total. The van der Waals surface area contributed by atoms with E-state index < -0.39 is 0 Å². The number of hydrogen-bond donors (Lipinski definition) is 1. The Kier molecular flexibility index (Phi) is 6.91. The van der Waals surface area contributed by atoms with Gasteiger partial charge in [0.2, 0.25) is 11.8 Å². The van der Waals surface area contributed by atoms with E-state index in [1.165, 1.54) is 10.5 Å². The van der Waals surface area contributed by atoms with Crippen molar-refractivity contribution in [2.45, 2.75) is 26.7 Å². The highest BCUT2D eigenvalue weighted by atomic mass is 16.5.